The van der Waals surface area contributed by atoms with Crippen LogP contribution in [0, 0.1) is 11.7 Å². The second kappa shape index (κ2) is 18.0. The molecule has 4 atom stereocenters. The van der Waals surface area contributed by atoms with E-state index in [-0.39, 0.29) is 54.8 Å². The number of rotatable bonds is 7. The van der Waals surface area contributed by atoms with E-state index in [4.69, 9.17) is 9.47 Å². The maximum atomic E-state index is 14.3. The average Bonchev–Trinajstić information content (AvgIpc) is 3.07. The highest BCUT2D eigenvalue weighted by Gasteiger charge is 2.31. The molecule has 0 radical (unpaired) electrons. The molecule has 1 saturated carbocycles. The minimum absolute atomic E-state index is 0.128. The summed E-state index contributed by atoms with van der Waals surface area (Å²) in [6.07, 6.45) is 7.27. The van der Waals surface area contributed by atoms with E-state index in [1.165, 1.54) is 30.7 Å². The van der Waals surface area contributed by atoms with Gasteiger partial charge in [-0.2, -0.15) is 0 Å². The number of likely N-dealkylation sites (N-methyl/N-ethyl adjacent to an activating group) is 1. The van der Waals surface area contributed by atoms with Crippen LogP contribution in [0.5, 0.6) is 5.75 Å². The lowest BCUT2D eigenvalue weighted by Crippen LogP contribution is -2.50. The fourth-order valence-corrected chi connectivity index (χ4v) is 6.17. The summed E-state index contributed by atoms with van der Waals surface area (Å²) in [5.74, 6) is -0.598. The molecule has 0 spiro atoms. The molecule has 1 aliphatic heterocycles. The van der Waals surface area contributed by atoms with Gasteiger partial charge in [0.1, 0.15) is 11.6 Å². The van der Waals surface area contributed by atoms with Crippen molar-refractivity contribution >= 4 is 29.3 Å². The number of benzene rings is 2. The van der Waals surface area contributed by atoms with Crippen molar-refractivity contribution in [1.82, 2.24) is 15.1 Å². The number of ether oxygens (including phenoxy) is 2. The number of carbonyl (C=O) groups excluding carboxylic acids is 3. The van der Waals surface area contributed by atoms with Gasteiger partial charge in [0.15, 0.2) is 0 Å². The van der Waals surface area contributed by atoms with Crippen molar-refractivity contribution in [3.05, 3.63) is 53.8 Å². The van der Waals surface area contributed by atoms with E-state index < -0.39 is 17.9 Å². The Morgan fingerprint density at radius 2 is 1.67 bits per heavy atom. The van der Waals surface area contributed by atoms with Gasteiger partial charge in [0, 0.05) is 50.1 Å². The van der Waals surface area contributed by atoms with Gasteiger partial charge in [0.25, 0.3) is 5.91 Å². The Labute approximate surface area is 283 Å². The molecule has 0 unspecified atom stereocenters. The first-order chi connectivity index (χ1) is 23.0. The summed E-state index contributed by atoms with van der Waals surface area (Å²) >= 11 is 0. The molecule has 264 valence electrons. The highest BCUT2D eigenvalue weighted by Crippen LogP contribution is 2.29. The number of carbonyl (C=O) groups is 3. The summed E-state index contributed by atoms with van der Waals surface area (Å²) in [5, 5.41) is 18.8. The fourth-order valence-electron chi connectivity index (χ4n) is 6.17. The molecule has 2 aromatic carbocycles. The number of halogens is 1. The normalized spacial score (nSPS) is 22.0. The Balaban J connectivity index is 1.55. The number of aliphatic hydroxyl groups excluding tert-OH is 1. The van der Waals surface area contributed by atoms with Crippen LogP contribution in [0.15, 0.2) is 42.5 Å². The SMILES string of the molecule is C[C@@H]1CCCCO[C@H](CN(C)C(=O)NC2CCCCC2)[C@@H](C)CN([C@H](C)CO)C(=O)c2cc(NC(=O)Nc3ccc(F)cc3)ccc2O1. The number of nitrogens with one attached hydrogen (secondary N) is 3. The number of nitrogens with zero attached hydrogens (tertiary/aromatic N) is 2. The van der Waals surface area contributed by atoms with Crippen molar-refractivity contribution in [2.45, 2.75) is 96.4 Å². The standard InChI is InChI=1S/C36H52FN5O6/c1-24-21-42(25(2)23-43)34(44)31-20-30(39-35(45)38-29-15-13-27(37)14-16-29)17-18-32(31)48-26(3)10-8-9-19-47-33(24)22-41(4)36(46)40-28-11-6-5-7-12-28/h13-18,20,24-26,28,33,43H,5-12,19,21-23H2,1-4H3,(H,40,46)(H2,38,39,45)/t24-,25+,26+,33+/m0/s1. The van der Waals surface area contributed by atoms with Crippen LogP contribution < -0.4 is 20.7 Å². The van der Waals surface area contributed by atoms with Gasteiger partial charge in [-0.25, -0.2) is 14.0 Å². The molecule has 5 amide bonds. The molecule has 12 heteroatoms. The van der Waals surface area contributed by atoms with Crippen LogP contribution in [0.2, 0.25) is 0 Å². The Morgan fingerprint density at radius 1 is 1.00 bits per heavy atom. The number of aliphatic hydroxyl groups is 1. The first-order valence-electron chi connectivity index (χ1n) is 17.2. The third-order valence-electron chi connectivity index (χ3n) is 9.14. The Morgan fingerprint density at radius 3 is 2.38 bits per heavy atom. The molecule has 4 N–H and O–H groups in total. The number of hydrogen-bond acceptors (Lipinski definition) is 6. The van der Waals surface area contributed by atoms with Gasteiger partial charge in [-0.3, -0.25) is 4.79 Å². The number of anilines is 2. The van der Waals surface area contributed by atoms with Crippen LogP contribution in [-0.4, -0.2) is 90.5 Å². The van der Waals surface area contributed by atoms with Gasteiger partial charge in [0.05, 0.1) is 30.4 Å². The average molecular weight is 670 g/mol. The predicted molar refractivity (Wildman–Crippen MR) is 184 cm³/mol. The van der Waals surface area contributed by atoms with E-state index in [0.717, 1.165) is 44.9 Å². The third kappa shape index (κ3) is 10.8. The summed E-state index contributed by atoms with van der Waals surface area (Å²) in [7, 11) is 1.77. The Bertz CT molecular complexity index is 1350. The van der Waals surface area contributed by atoms with E-state index in [9.17, 15) is 23.9 Å². The largest absolute Gasteiger partial charge is 0.490 e. The highest BCUT2D eigenvalue weighted by molar-refractivity contribution is 6.02. The lowest BCUT2D eigenvalue weighted by Gasteiger charge is -2.36. The molecular formula is C36H52FN5O6. The van der Waals surface area contributed by atoms with E-state index in [1.807, 2.05) is 13.8 Å². The van der Waals surface area contributed by atoms with E-state index in [0.29, 0.717) is 30.3 Å². The number of urea groups is 2. The van der Waals surface area contributed by atoms with Gasteiger partial charge < -0.3 is 40.3 Å². The second-order valence-electron chi connectivity index (χ2n) is 13.3. The van der Waals surface area contributed by atoms with Crippen molar-refractivity contribution in [3.63, 3.8) is 0 Å². The molecule has 1 fully saturated rings. The quantitative estimate of drug-likeness (QED) is 0.276. The van der Waals surface area contributed by atoms with Crippen molar-refractivity contribution in [1.29, 1.82) is 0 Å². The number of fused-ring (bicyclic) bond motifs is 1. The van der Waals surface area contributed by atoms with Crippen LogP contribution in [-0.2, 0) is 4.74 Å². The maximum absolute atomic E-state index is 14.3. The predicted octanol–water partition coefficient (Wildman–Crippen LogP) is 6.24. The lowest BCUT2D eigenvalue weighted by molar-refractivity contribution is -0.0123. The molecule has 1 heterocycles. The van der Waals surface area contributed by atoms with Gasteiger partial charge in [-0.1, -0.05) is 26.2 Å². The molecule has 2 aromatic rings. The van der Waals surface area contributed by atoms with Crippen LogP contribution >= 0.6 is 0 Å². The highest BCUT2D eigenvalue weighted by atomic mass is 19.1. The third-order valence-corrected chi connectivity index (χ3v) is 9.14. The molecular weight excluding hydrogens is 617 g/mol. The van der Waals surface area contributed by atoms with E-state index in [2.05, 4.69) is 16.0 Å². The zero-order valence-corrected chi connectivity index (χ0v) is 28.7. The summed E-state index contributed by atoms with van der Waals surface area (Å²) in [4.78, 5) is 43.5. The molecule has 1 aliphatic carbocycles. The Kier molecular flexibility index (Phi) is 13.9. The lowest BCUT2D eigenvalue weighted by atomic mass is 9.96. The minimum Gasteiger partial charge on any atom is -0.490 e. The topological polar surface area (TPSA) is 132 Å². The summed E-state index contributed by atoms with van der Waals surface area (Å²) in [5.41, 5.74) is 1.01. The molecule has 2 aliphatic rings. The molecule has 0 saturated heterocycles. The first kappa shape index (κ1) is 36.9. The maximum Gasteiger partial charge on any atom is 0.323 e. The van der Waals surface area contributed by atoms with Gasteiger partial charge >= 0.3 is 12.1 Å². The number of amides is 5. The van der Waals surface area contributed by atoms with Gasteiger partial charge in [0.2, 0.25) is 0 Å². The van der Waals surface area contributed by atoms with Gasteiger partial charge in [-0.15, -0.1) is 0 Å². The second-order valence-corrected chi connectivity index (χ2v) is 13.3. The molecule has 0 bridgehead atoms. The zero-order valence-electron chi connectivity index (χ0n) is 28.7. The summed E-state index contributed by atoms with van der Waals surface area (Å²) in [6, 6.07) is 9.25. The van der Waals surface area contributed by atoms with E-state index >= 15 is 0 Å². The van der Waals surface area contributed by atoms with Crippen molar-refractivity contribution < 1.29 is 33.4 Å². The summed E-state index contributed by atoms with van der Waals surface area (Å²) < 4.78 is 26.0. The van der Waals surface area contributed by atoms with Crippen molar-refractivity contribution in [2.24, 2.45) is 5.92 Å². The van der Waals surface area contributed by atoms with Crippen LogP contribution in [0.1, 0.15) is 82.5 Å². The first-order valence-corrected chi connectivity index (χ1v) is 17.2. The minimum atomic E-state index is -0.560. The van der Waals surface area contributed by atoms with Crippen LogP contribution in [0.4, 0.5) is 25.4 Å². The van der Waals surface area contributed by atoms with Crippen LogP contribution in [0.25, 0.3) is 0 Å². The van der Waals surface area contributed by atoms with Crippen LogP contribution in [0.3, 0.4) is 0 Å². The smallest absolute Gasteiger partial charge is 0.323 e. The van der Waals surface area contributed by atoms with Gasteiger partial charge in [-0.05, 0) is 88.4 Å². The Hall–Kier alpha value is -3.90. The molecule has 0 aromatic heterocycles. The monoisotopic (exact) mass is 669 g/mol. The number of hydrogen-bond donors (Lipinski definition) is 4. The fraction of sp³-hybridized carbons (Fsp3) is 0.583. The van der Waals surface area contributed by atoms with Crippen molar-refractivity contribution in [2.75, 3.05) is 44.0 Å². The summed E-state index contributed by atoms with van der Waals surface area (Å²) in [6.45, 7) is 6.55. The molecule has 48 heavy (non-hydrogen) atoms. The van der Waals surface area contributed by atoms with Crippen molar-refractivity contribution in [3.8, 4) is 5.75 Å². The molecule has 11 nitrogen and oxygen atoms in total. The zero-order chi connectivity index (χ0) is 34.6. The molecule has 4 rings (SSSR count). The van der Waals surface area contributed by atoms with E-state index in [1.54, 1.807) is 42.0 Å².